The van der Waals surface area contributed by atoms with Crippen LogP contribution in [-0.2, 0) is 12.2 Å². The molecule has 0 amide bonds. The van der Waals surface area contributed by atoms with E-state index in [1.165, 1.54) is 17.3 Å². The van der Waals surface area contributed by atoms with Crippen molar-refractivity contribution < 1.29 is 0 Å². The molecule has 22 heavy (non-hydrogen) atoms. The monoisotopic (exact) mass is 308 g/mol. The van der Waals surface area contributed by atoms with Gasteiger partial charge < -0.3 is 5.73 Å². The van der Waals surface area contributed by atoms with Gasteiger partial charge in [-0.05, 0) is 22.8 Å². The number of nitrogens with two attached hydrogens (primary N) is 1. The lowest BCUT2D eigenvalue weighted by molar-refractivity contribution is 1.24. The van der Waals surface area contributed by atoms with Crippen LogP contribution in [0, 0.1) is 11.3 Å². The SMILES string of the molecule is N#CCc1cccc(C=NN=C(N)SCc2ccccc2)c1. The molecule has 0 fully saturated rings. The standard InChI is InChI=1S/C17H16N4S/c18-10-9-14-7-4-8-16(11-14)12-20-21-17(19)22-13-15-5-2-1-3-6-15/h1-8,11-12H,9,13H2,(H2,19,21). The second kappa shape index (κ2) is 8.65. The van der Waals surface area contributed by atoms with Crippen LogP contribution < -0.4 is 5.73 Å². The van der Waals surface area contributed by atoms with Gasteiger partial charge >= 0.3 is 0 Å². The summed E-state index contributed by atoms with van der Waals surface area (Å²) in [5.74, 6) is 0.767. The maximum absolute atomic E-state index is 8.69. The summed E-state index contributed by atoms with van der Waals surface area (Å²) in [4.78, 5) is 0. The quantitative estimate of drug-likeness (QED) is 0.523. The number of rotatable bonds is 5. The minimum Gasteiger partial charge on any atom is -0.377 e. The van der Waals surface area contributed by atoms with Gasteiger partial charge in [-0.2, -0.15) is 10.4 Å². The second-order valence-corrected chi connectivity index (χ2v) is 5.53. The Hall–Kier alpha value is -2.58. The van der Waals surface area contributed by atoms with Gasteiger partial charge in [0.05, 0.1) is 18.7 Å². The van der Waals surface area contributed by atoms with E-state index in [4.69, 9.17) is 11.0 Å². The molecule has 4 nitrogen and oxygen atoms in total. The van der Waals surface area contributed by atoms with Gasteiger partial charge in [-0.15, -0.1) is 5.10 Å². The van der Waals surface area contributed by atoms with Crippen molar-refractivity contribution in [2.75, 3.05) is 0 Å². The first-order chi connectivity index (χ1) is 10.8. The van der Waals surface area contributed by atoms with Gasteiger partial charge in [0.25, 0.3) is 0 Å². The van der Waals surface area contributed by atoms with Gasteiger partial charge in [0.15, 0.2) is 5.17 Å². The largest absolute Gasteiger partial charge is 0.377 e. The summed E-state index contributed by atoms with van der Waals surface area (Å²) in [5, 5.41) is 17.1. The molecular formula is C17H16N4S. The van der Waals surface area contributed by atoms with Crippen LogP contribution in [0.4, 0.5) is 0 Å². The summed E-state index contributed by atoms with van der Waals surface area (Å²) in [6.07, 6.45) is 2.02. The van der Waals surface area contributed by atoms with Crippen LogP contribution in [0.5, 0.6) is 0 Å². The van der Waals surface area contributed by atoms with Crippen molar-refractivity contribution in [3.8, 4) is 6.07 Å². The van der Waals surface area contributed by atoms with E-state index < -0.39 is 0 Å². The molecule has 0 radical (unpaired) electrons. The summed E-state index contributed by atoms with van der Waals surface area (Å²) >= 11 is 1.45. The third kappa shape index (κ3) is 5.43. The second-order valence-electron chi connectivity index (χ2n) is 4.54. The predicted molar refractivity (Wildman–Crippen MR) is 92.7 cm³/mol. The summed E-state index contributed by atoms with van der Waals surface area (Å²) in [7, 11) is 0. The van der Waals surface area contributed by atoms with Crippen molar-refractivity contribution in [1.82, 2.24) is 0 Å². The highest BCUT2D eigenvalue weighted by Gasteiger charge is 1.96. The number of hydrogen-bond acceptors (Lipinski definition) is 4. The van der Waals surface area contributed by atoms with Crippen molar-refractivity contribution in [2.24, 2.45) is 15.9 Å². The number of thioether (sulfide) groups is 1. The van der Waals surface area contributed by atoms with Crippen LogP contribution in [0.1, 0.15) is 16.7 Å². The van der Waals surface area contributed by atoms with Gasteiger partial charge in [-0.25, -0.2) is 0 Å². The predicted octanol–water partition coefficient (Wildman–Crippen LogP) is 3.33. The molecule has 110 valence electrons. The first kappa shape index (κ1) is 15.8. The Bertz CT molecular complexity index is 702. The Balaban J connectivity index is 1.90. The smallest absolute Gasteiger partial charge is 0.180 e. The van der Waals surface area contributed by atoms with Gasteiger partial charge in [0.2, 0.25) is 0 Å². The Morgan fingerprint density at radius 1 is 1.14 bits per heavy atom. The molecule has 0 atom stereocenters. The van der Waals surface area contributed by atoms with Crippen LogP contribution in [0.3, 0.4) is 0 Å². The molecule has 0 heterocycles. The number of amidine groups is 1. The molecule has 2 rings (SSSR count). The highest BCUT2D eigenvalue weighted by Crippen LogP contribution is 2.11. The van der Waals surface area contributed by atoms with Crippen LogP contribution in [0.25, 0.3) is 0 Å². The van der Waals surface area contributed by atoms with Crippen molar-refractivity contribution in [1.29, 1.82) is 5.26 Å². The Kier molecular flexibility index (Phi) is 6.21. The average molecular weight is 308 g/mol. The molecular weight excluding hydrogens is 292 g/mol. The first-order valence-electron chi connectivity index (χ1n) is 6.77. The summed E-state index contributed by atoms with van der Waals surface area (Å²) < 4.78 is 0. The molecule has 2 N–H and O–H groups in total. The van der Waals surface area contributed by atoms with Crippen LogP contribution in [-0.4, -0.2) is 11.4 Å². The highest BCUT2D eigenvalue weighted by atomic mass is 32.2. The lowest BCUT2D eigenvalue weighted by Crippen LogP contribution is -2.06. The highest BCUT2D eigenvalue weighted by molar-refractivity contribution is 8.13. The minimum absolute atomic E-state index is 0.389. The molecule has 2 aromatic rings. The van der Waals surface area contributed by atoms with E-state index in [1.54, 1.807) is 6.21 Å². The van der Waals surface area contributed by atoms with Crippen molar-refractivity contribution in [3.05, 3.63) is 71.3 Å². The number of nitrogens with zero attached hydrogens (tertiary/aromatic N) is 3. The zero-order valence-corrected chi connectivity index (χ0v) is 12.8. The molecule has 2 aromatic carbocycles. The molecule has 0 aliphatic heterocycles. The van der Waals surface area contributed by atoms with Gasteiger partial charge in [0, 0.05) is 5.75 Å². The molecule has 0 unspecified atom stereocenters. The third-order valence-corrected chi connectivity index (χ3v) is 3.68. The Labute approximate surface area is 134 Å². The summed E-state index contributed by atoms with van der Waals surface area (Å²) in [5.41, 5.74) is 8.87. The molecule has 0 saturated carbocycles. The van der Waals surface area contributed by atoms with E-state index in [1.807, 2.05) is 54.6 Å². The lowest BCUT2D eigenvalue weighted by atomic mass is 10.1. The molecule has 5 heteroatoms. The summed E-state index contributed by atoms with van der Waals surface area (Å²) in [6, 6.07) is 19.8. The molecule has 0 aromatic heterocycles. The van der Waals surface area contributed by atoms with Crippen molar-refractivity contribution >= 4 is 23.1 Å². The molecule has 0 saturated heterocycles. The van der Waals surface area contributed by atoms with Crippen molar-refractivity contribution in [2.45, 2.75) is 12.2 Å². The minimum atomic E-state index is 0.389. The average Bonchev–Trinajstić information content (AvgIpc) is 2.55. The van der Waals surface area contributed by atoms with Gasteiger partial charge in [-0.1, -0.05) is 60.3 Å². The molecule has 0 bridgehead atoms. The van der Waals surface area contributed by atoms with Crippen LogP contribution in [0.2, 0.25) is 0 Å². The fourth-order valence-corrected chi connectivity index (χ4v) is 2.40. The number of benzene rings is 2. The molecule has 0 aliphatic carbocycles. The van der Waals surface area contributed by atoms with Crippen LogP contribution >= 0.6 is 11.8 Å². The van der Waals surface area contributed by atoms with E-state index >= 15 is 0 Å². The molecule has 0 spiro atoms. The van der Waals surface area contributed by atoms with E-state index in [0.717, 1.165) is 16.9 Å². The number of hydrogen-bond donors (Lipinski definition) is 1. The van der Waals surface area contributed by atoms with Gasteiger partial charge in [0.1, 0.15) is 0 Å². The zero-order chi connectivity index (χ0) is 15.6. The molecule has 0 aliphatic rings. The van der Waals surface area contributed by atoms with E-state index in [-0.39, 0.29) is 0 Å². The Morgan fingerprint density at radius 3 is 2.68 bits per heavy atom. The fourth-order valence-electron chi connectivity index (χ4n) is 1.79. The lowest BCUT2D eigenvalue weighted by Gasteiger charge is -1.99. The van der Waals surface area contributed by atoms with Crippen molar-refractivity contribution in [3.63, 3.8) is 0 Å². The normalized spacial score (nSPS) is 11.5. The maximum Gasteiger partial charge on any atom is 0.180 e. The fraction of sp³-hybridized carbons (Fsp3) is 0.118. The number of nitriles is 1. The van der Waals surface area contributed by atoms with E-state index in [0.29, 0.717) is 11.6 Å². The first-order valence-corrected chi connectivity index (χ1v) is 7.75. The van der Waals surface area contributed by atoms with E-state index in [2.05, 4.69) is 16.3 Å². The topological polar surface area (TPSA) is 74.5 Å². The third-order valence-electron chi connectivity index (χ3n) is 2.83. The Morgan fingerprint density at radius 2 is 1.91 bits per heavy atom. The maximum atomic E-state index is 8.69. The van der Waals surface area contributed by atoms with Gasteiger partial charge in [-0.3, -0.25) is 0 Å². The zero-order valence-electron chi connectivity index (χ0n) is 12.0. The summed E-state index contributed by atoms with van der Waals surface area (Å²) in [6.45, 7) is 0. The van der Waals surface area contributed by atoms with Crippen LogP contribution in [0.15, 0.2) is 64.8 Å². The van der Waals surface area contributed by atoms with E-state index in [9.17, 15) is 0 Å².